The van der Waals surface area contributed by atoms with Crippen molar-refractivity contribution in [2.24, 2.45) is 0 Å². The monoisotopic (exact) mass is 398 g/mol. The fourth-order valence-corrected chi connectivity index (χ4v) is 3.48. The Morgan fingerprint density at radius 1 is 1.38 bits per heavy atom. The van der Waals surface area contributed by atoms with Crippen molar-refractivity contribution in [2.45, 2.75) is 19.4 Å². The molecule has 150 valence electrons. The van der Waals surface area contributed by atoms with Crippen LogP contribution in [0.1, 0.15) is 22.3 Å². The summed E-state index contributed by atoms with van der Waals surface area (Å²) in [6.45, 7) is 2.57. The highest BCUT2D eigenvalue weighted by atomic mass is 19.1. The van der Waals surface area contributed by atoms with Crippen LogP contribution < -0.4 is 10.1 Å². The van der Waals surface area contributed by atoms with Crippen LogP contribution in [0.5, 0.6) is 11.5 Å². The molecular weight excluding hydrogens is 379 g/mol. The van der Waals surface area contributed by atoms with Crippen molar-refractivity contribution in [3.63, 3.8) is 0 Å². The molecule has 1 aliphatic heterocycles. The van der Waals surface area contributed by atoms with Gasteiger partial charge in [0, 0.05) is 37.1 Å². The number of hydrogen-bond donors (Lipinski definition) is 2. The van der Waals surface area contributed by atoms with Crippen molar-refractivity contribution in [3.05, 3.63) is 53.6 Å². The van der Waals surface area contributed by atoms with Gasteiger partial charge >= 0.3 is 0 Å². The van der Waals surface area contributed by atoms with Gasteiger partial charge in [0.25, 0.3) is 5.91 Å². The largest absolute Gasteiger partial charge is 0.452 e. The van der Waals surface area contributed by atoms with Crippen LogP contribution in [-0.2, 0) is 4.79 Å². The number of fused-ring (bicyclic) bond motifs is 1. The Labute approximate surface area is 165 Å². The summed E-state index contributed by atoms with van der Waals surface area (Å²) in [4.78, 5) is 24.9. The molecular formula is C20H19FN4O4. The van der Waals surface area contributed by atoms with Gasteiger partial charge in [0.05, 0.1) is 17.9 Å². The van der Waals surface area contributed by atoms with E-state index < -0.39 is 11.9 Å². The van der Waals surface area contributed by atoms with E-state index in [-0.39, 0.29) is 11.7 Å². The van der Waals surface area contributed by atoms with Gasteiger partial charge in [0.2, 0.25) is 6.41 Å². The lowest BCUT2D eigenvalue weighted by atomic mass is 10.1. The maximum atomic E-state index is 14.3. The van der Waals surface area contributed by atoms with E-state index >= 15 is 0 Å². The van der Waals surface area contributed by atoms with E-state index in [0.29, 0.717) is 54.0 Å². The van der Waals surface area contributed by atoms with Gasteiger partial charge < -0.3 is 20.1 Å². The second-order valence-corrected chi connectivity index (χ2v) is 6.86. The Balaban J connectivity index is 1.68. The van der Waals surface area contributed by atoms with Gasteiger partial charge in [0.1, 0.15) is 5.52 Å². The van der Waals surface area contributed by atoms with Crippen LogP contribution in [0.3, 0.4) is 0 Å². The van der Waals surface area contributed by atoms with E-state index in [1.807, 2.05) is 0 Å². The first-order valence-corrected chi connectivity index (χ1v) is 9.10. The van der Waals surface area contributed by atoms with Gasteiger partial charge in [0.15, 0.2) is 17.3 Å². The lowest BCUT2D eigenvalue weighted by Crippen LogP contribution is -2.29. The predicted octanol–water partition coefficient (Wildman–Crippen LogP) is 2.35. The smallest absolute Gasteiger partial charge is 0.255 e. The van der Waals surface area contributed by atoms with E-state index in [2.05, 4.69) is 10.4 Å². The topological polar surface area (TPSA) is 96.2 Å². The number of benzene rings is 1. The normalized spacial score (nSPS) is 16.2. The molecule has 1 unspecified atom stereocenters. The number of aryl methyl sites for hydroxylation is 1. The molecule has 1 atom stereocenters. The summed E-state index contributed by atoms with van der Waals surface area (Å²) in [6, 6.07) is 5.67. The molecule has 29 heavy (non-hydrogen) atoms. The number of likely N-dealkylation sites (tertiary alicyclic amines) is 1. The maximum Gasteiger partial charge on any atom is 0.255 e. The van der Waals surface area contributed by atoms with Crippen molar-refractivity contribution in [3.8, 4) is 11.5 Å². The van der Waals surface area contributed by atoms with Crippen LogP contribution in [0.2, 0.25) is 0 Å². The lowest BCUT2D eigenvalue weighted by molar-refractivity contribution is -0.105. The highest BCUT2D eigenvalue weighted by molar-refractivity contribution is 5.98. The molecule has 2 N–H and O–H groups in total. The van der Waals surface area contributed by atoms with Crippen molar-refractivity contribution >= 4 is 23.5 Å². The second kappa shape index (κ2) is 7.51. The number of aliphatic hydroxyl groups is 1. The molecule has 0 bridgehead atoms. The minimum atomic E-state index is -0.640. The average Bonchev–Trinajstić information content (AvgIpc) is 3.28. The minimum absolute atomic E-state index is 0.0225. The van der Waals surface area contributed by atoms with Crippen molar-refractivity contribution < 1.29 is 23.8 Å². The molecule has 1 aliphatic rings. The number of hydrogen-bond acceptors (Lipinski definition) is 5. The standard InChI is InChI=1S/C20H19FN4O4/c1-12-15(20(28)24-7-5-14(27)9-24)10-25-19(12)18(4-6-23-25)29-17-3-2-13(22-11-26)8-16(17)21/h2-4,6,8,10-11,14,27H,5,7,9H2,1H3,(H,22,26). The van der Waals surface area contributed by atoms with Crippen molar-refractivity contribution in [2.75, 3.05) is 18.4 Å². The number of nitrogens with zero attached hydrogens (tertiary/aromatic N) is 3. The minimum Gasteiger partial charge on any atom is -0.452 e. The first kappa shape index (κ1) is 18.9. The van der Waals surface area contributed by atoms with Gasteiger partial charge in [-0.3, -0.25) is 9.59 Å². The number of ether oxygens (including phenoxy) is 1. The van der Waals surface area contributed by atoms with E-state index in [9.17, 15) is 19.1 Å². The Hall–Kier alpha value is -3.46. The molecule has 0 spiro atoms. The molecule has 3 aromatic rings. The number of β-amino-alcohol motifs (C(OH)–C–C–N with tert-alkyl or cyclic N) is 1. The number of aliphatic hydroxyl groups excluding tert-OH is 1. The Kier molecular flexibility index (Phi) is 4.89. The fraction of sp³-hybridized carbons (Fsp3) is 0.250. The molecule has 4 rings (SSSR count). The van der Waals surface area contributed by atoms with Crippen LogP contribution >= 0.6 is 0 Å². The molecule has 1 aromatic carbocycles. The van der Waals surface area contributed by atoms with Gasteiger partial charge in [-0.25, -0.2) is 8.91 Å². The third-order valence-electron chi connectivity index (χ3n) is 4.95. The number of carbonyl (C=O) groups excluding carboxylic acids is 2. The quantitative estimate of drug-likeness (QED) is 0.643. The van der Waals surface area contributed by atoms with Crippen molar-refractivity contribution in [1.29, 1.82) is 0 Å². The molecule has 2 amide bonds. The van der Waals surface area contributed by atoms with Crippen molar-refractivity contribution in [1.82, 2.24) is 14.5 Å². The predicted molar refractivity (Wildman–Crippen MR) is 103 cm³/mol. The molecule has 9 heteroatoms. The van der Waals surface area contributed by atoms with E-state index in [0.717, 1.165) is 6.07 Å². The highest BCUT2D eigenvalue weighted by Gasteiger charge is 2.28. The number of aromatic nitrogens is 2. The van der Waals surface area contributed by atoms with Gasteiger partial charge in [-0.15, -0.1) is 0 Å². The second-order valence-electron chi connectivity index (χ2n) is 6.86. The zero-order valence-corrected chi connectivity index (χ0v) is 15.6. The zero-order valence-electron chi connectivity index (χ0n) is 15.6. The molecule has 0 radical (unpaired) electrons. The summed E-state index contributed by atoms with van der Waals surface area (Å²) in [5.74, 6) is -0.511. The highest BCUT2D eigenvalue weighted by Crippen LogP contribution is 2.32. The molecule has 3 heterocycles. The molecule has 8 nitrogen and oxygen atoms in total. The molecule has 0 aliphatic carbocycles. The number of nitrogens with one attached hydrogen (secondary N) is 1. The third-order valence-corrected chi connectivity index (χ3v) is 4.95. The zero-order chi connectivity index (χ0) is 20.5. The van der Waals surface area contributed by atoms with Crippen LogP contribution in [0.4, 0.5) is 10.1 Å². The van der Waals surface area contributed by atoms with E-state index in [4.69, 9.17) is 4.74 Å². The Morgan fingerprint density at radius 3 is 2.90 bits per heavy atom. The summed E-state index contributed by atoms with van der Waals surface area (Å²) in [5.41, 5.74) is 1.96. The summed E-state index contributed by atoms with van der Waals surface area (Å²) >= 11 is 0. The van der Waals surface area contributed by atoms with Crippen LogP contribution in [0.15, 0.2) is 36.7 Å². The van der Waals surface area contributed by atoms with Crippen LogP contribution in [-0.4, -0.2) is 51.1 Å². The van der Waals surface area contributed by atoms with Gasteiger partial charge in [-0.2, -0.15) is 5.10 Å². The van der Waals surface area contributed by atoms with Gasteiger partial charge in [-0.05, 0) is 31.0 Å². The van der Waals surface area contributed by atoms with E-state index in [1.165, 1.54) is 22.8 Å². The number of amides is 2. The molecule has 1 fully saturated rings. The number of rotatable bonds is 5. The molecule has 2 aromatic heterocycles. The van der Waals surface area contributed by atoms with Gasteiger partial charge in [-0.1, -0.05) is 0 Å². The maximum absolute atomic E-state index is 14.3. The third kappa shape index (κ3) is 3.52. The Morgan fingerprint density at radius 2 is 2.21 bits per heavy atom. The fourth-order valence-electron chi connectivity index (χ4n) is 3.48. The average molecular weight is 398 g/mol. The Bertz CT molecular complexity index is 1100. The molecule has 0 saturated carbocycles. The first-order valence-electron chi connectivity index (χ1n) is 9.10. The summed E-state index contributed by atoms with van der Waals surface area (Å²) < 4.78 is 21.6. The first-order chi connectivity index (χ1) is 14.0. The summed E-state index contributed by atoms with van der Waals surface area (Å²) in [5, 5.41) is 16.3. The summed E-state index contributed by atoms with van der Waals surface area (Å²) in [7, 11) is 0. The SMILES string of the molecule is Cc1c(C(=O)N2CCC(O)C2)cn2nccc(Oc3ccc(NC=O)cc3F)c12. The number of anilines is 1. The van der Waals surface area contributed by atoms with Crippen LogP contribution in [0.25, 0.3) is 5.52 Å². The molecule has 1 saturated heterocycles. The number of carbonyl (C=O) groups is 2. The van der Waals surface area contributed by atoms with E-state index in [1.54, 1.807) is 24.1 Å². The lowest BCUT2D eigenvalue weighted by Gasteiger charge is -2.15. The summed E-state index contributed by atoms with van der Waals surface area (Å²) in [6.07, 6.45) is 3.61. The van der Waals surface area contributed by atoms with Crippen LogP contribution in [0, 0.1) is 12.7 Å². The number of halogens is 1.